The third-order valence-electron chi connectivity index (χ3n) is 4.94. The van der Waals surface area contributed by atoms with Crippen molar-refractivity contribution >= 4 is 33.3 Å². The number of anilines is 2. The number of hydrogen-bond donors (Lipinski definition) is 1. The Morgan fingerprint density at radius 3 is 2.60 bits per heavy atom. The highest BCUT2D eigenvalue weighted by Crippen LogP contribution is 2.35. The second kappa shape index (κ2) is 8.35. The Bertz CT molecular complexity index is 1100. The standard InChI is InChI=1S/C21H24N2O6S/c1-13-8-9-18-17(12-13)23(30(4,26)27)11-10-19(29-18)20(24)22-16-7-5-6-15(14(16)2)21(25)28-3/h5-9,12,19H,10-11H2,1-4H3,(H,22,24)/t19-/m1/s1. The van der Waals surface area contributed by atoms with E-state index in [4.69, 9.17) is 9.47 Å². The van der Waals surface area contributed by atoms with Crippen molar-refractivity contribution in [1.29, 1.82) is 0 Å². The molecule has 0 aliphatic carbocycles. The van der Waals surface area contributed by atoms with Crippen LogP contribution in [0.2, 0.25) is 0 Å². The Morgan fingerprint density at radius 1 is 1.20 bits per heavy atom. The molecule has 2 aromatic carbocycles. The molecule has 0 bridgehead atoms. The number of aryl methyl sites for hydroxylation is 1. The number of esters is 1. The fraction of sp³-hybridized carbons (Fsp3) is 0.333. The Labute approximate surface area is 175 Å². The molecule has 3 rings (SSSR count). The molecule has 160 valence electrons. The summed E-state index contributed by atoms with van der Waals surface area (Å²) in [6.07, 6.45) is 0.392. The number of nitrogens with one attached hydrogen (secondary N) is 1. The van der Waals surface area contributed by atoms with Gasteiger partial charge in [-0.05, 0) is 49.2 Å². The van der Waals surface area contributed by atoms with Crippen LogP contribution in [0, 0.1) is 13.8 Å². The molecule has 9 heteroatoms. The van der Waals surface area contributed by atoms with Crippen molar-refractivity contribution in [2.24, 2.45) is 0 Å². The number of rotatable bonds is 4. The van der Waals surface area contributed by atoms with Gasteiger partial charge in [-0.25, -0.2) is 13.2 Å². The van der Waals surface area contributed by atoms with Crippen LogP contribution in [-0.2, 0) is 19.6 Å². The van der Waals surface area contributed by atoms with Crippen LogP contribution in [-0.4, -0.2) is 46.3 Å². The zero-order valence-corrected chi connectivity index (χ0v) is 18.1. The largest absolute Gasteiger partial charge is 0.478 e. The molecule has 0 spiro atoms. The number of nitrogens with zero attached hydrogens (tertiary/aromatic N) is 1. The molecular formula is C21H24N2O6S. The van der Waals surface area contributed by atoms with Gasteiger partial charge in [0.2, 0.25) is 10.0 Å². The maximum atomic E-state index is 12.9. The molecule has 2 aromatic rings. The lowest BCUT2D eigenvalue weighted by Gasteiger charge is -2.21. The minimum Gasteiger partial charge on any atom is -0.478 e. The van der Waals surface area contributed by atoms with E-state index in [0.717, 1.165) is 11.8 Å². The number of benzene rings is 2. The van der Waals surface area contributed by atoms with Crippen molar-refractivity contribution in [1.82, 2.24) is 0 Å². The van der Waals surface area contributed by atoms with Gasteiger partial charge in [-0.1, -0.05) is 12.1 Å². The van der Waals surface area contributed by atoms with Gasteiger partial charge in [-0.15, -0.1) is 0 Å². The molecular weight excluding hydrogens is 408 g/mol. The van der Waals surface area contributed by atoms with Gasteiger partial charge in [-0.3, -0.25) is 9.10 Å². The van der Waals surface area contributed by atoms with Crippen LogP contribution in [0.5, 0.6) is 5.75 Å². The number of methoxy groups -OCH3 is 1. The molecule has 30 heavy (non-hydrogen) atoms. The van der Waals surface area contributed by atoms with Crippen LogP contribution in [0.3, 0.4) is 0 Å². The zero-order chi connectivity index (χ0) is 22.1. The molecule has 0 fully saturated rings. The van der Waals surface area contributed by atoms with Gasteiger partial charge in [0.05, 0.1) is 24.6 Å². The van der Waals surface area contributed by atoms with Gasteiger partial charge >= 0.3 is 5.97 Å². The molecule has 0 unspecified atom stereocenters. The average molecular weight is 432 g/mol. The third kappa shape index (κ3) is 4.40. The van der Waals surface area contributed by atoms with Crippen LogP contribution < -0.4 is 14.4 Å². The smallest absolute Gasteiger partial charge is 0.338 e. The molecule has 0 radical (unpaired) electrons. The molecule has 0 saturated heterocycles. The SMILES string of the molecule is COC(=O)c1cccc(NC(=O)[C@H]2CCN(S(C)(=O)=O)c3cc(C)ccc3O2)c1C. The van der Waals surface area contributed by atoms with E-state index in [1.165, 1.54) is 11.4 Å². The van der Waals surface area contributed by atoms with Gasteiger partial charge in [0.25, 0.3) is 5.91 Å². The fourth-order valence-corrected chi connectivity index (χ4v) is 4.27. The molecule has 8 nitrogen and oxygen atoms in total. The lowest BCUT2D eigenvalue weighted by Crippen LogP contribution is -2.36. The summed E-state index contributed by atoms with van der Waals surface area (Å²) < 4.78 is 36.5. The molecule has 0 aromatic heterocycles. The average Bonchev–Trinajstić information content (AvgIpc) is 2.88. The van der Waals surface area contributed by atoms with Gasteiger partial charge in [-0.2, -0.15) is 0 Å². The molecule has 1 aliphatic rings. The van der Waals surface area contributed by atoms with Gasteiger partial charge in [0, 0.05) is 18.7 Å². The number of amides is 1. The van der Waals surface area contributed by atoms with Gasteiger partial charge < -0.3 is 14.8 Å². The number of carbonyl (C=O) groups is 2. The van der Waals surface area contributed by atoms with E-state index in [1.807, 2.05) is 6.92 Å². The third-order valence-corrected chi connectivity index (χ3v) is 6.12. The monoisotopic (exact) mass is 432 g/mol. The van der Waals surface area contributed by atoms with Crippen molar-refractivity contribution in [3.05, 3.63) is 53.1 Å². The first-order valence-corrected chi connectivity index (χ1v) is 11.2. The first-order chi connectivity index (χ1) is 14.1. The second-order valence-corrected chi connectivity index (χ2v) is 9.07. The van der Waals surface area contributed by atoms with Crippen molar-refractivity contribution in [2.75, 3.05) is 29.5 Å². The van der Waals surface area contributed by atoms with Gasteiger partial charge in [0.1, 0.15) is 5.75 Å². The molecule has 1 atom stereocenters. The molecule has 1 amide bonds. The zero-order valence-electron chi connectivity index (χ0n) is 17.3. The number of hydrogen-bond acceptors (Lipinski definition) is 6. The topological polar surface area (TPSA) is 102 Å². The Morgan fingerprint density at radius 2 is 1.93 bits per heavy atom. The predicted molar refractivity (Wildman–Crippen MR) is 114 cm³/mol. The lowest BCUT2D eigenvalue weighted by atomic mass is 10.1. The maximum absolute atomic E-state index is 12.9. The highest BCUT2D eigenvalue weighted by molar-refractivity contribution is 7.92. The van der Waals surface area contributed by atoms with Crippen molar-refractivity contribution in [3.63, 3.8) is 0 Å². The summed E-state index contributed by atoms with van der Waals surface area (Å²) in [5.41, 5.74) is 2.67. The molecule has 1 aliphatic heterocycles. The van der Waals surface area contributed by atoms with E-state index in [9.17, 15) is 18.0 Å². The molecule has 1 N–H and O–H groups in total. The second-order valence-electron chi connectivity index (χ2n) is 7.16. The normalized spacial score (nSPS) is 16.1. The summed E-state index contributed by atoms with van der Waals surface area (Å²) in [5.74, 6) is -0.604. The summed E-state index contributed by atoms with van der Waals surface area (Å²) in [5, 5.41) is 2.78. The number of fused-ring (bicyclic) bond motifs is 1. The molecule has 1 heterocycles. The van der Waals surface area contributed by atoms with E-state index in [1.54, 1.807) is 43.3 Å². The van der Waals surface area contributed by atoms with Crippen LogP contribution in [0.1, 0.15) is 27.9 Å². The van der Waals surface area contributed by atoms with Crippen LogP contribution in [0.4, 0.5) is 11.4 Å². The highest BCUT2D eigenvalue weighted by Gasteiger charge is 2.31. The van der Waals surface area contributed by atoms with Crippen LogP contribution in [0.15, 0.2) is 36.4 Å². The first kappa shape index (κ1) is 21.6. The highest BCUT2D eigenvalue weighted by atomic mass is 32.2. The Hall–Kier alpha value is -3.07. The first-order valence-electron chi connectivity index (χ1n) is 9.35. The van der Waals surface area contributed by atoms with Crippen LogP contribution >= 0.6 is 0 Å². The van der Waals surface area contributed by atoms with E-state index < -0.39 is 28.0 Å². The number of carbonyl (C=O) groups excluding carboxylic acids is 2. The van der Waals surface area contributed by atoms with E-state index in [-0.39, 0.29) is 13.0 Å². The van der Waals surface area contributed by atoms with Crippen molar-refractivity contribution in [2.45, 2.75) is 26.4 Å². The summed E-state index contributed by atoms with van der Waals surface area (Å²) >= 11 is 0. The summed E-state index contributed by atoms with van der Waals surface area (Å²) in [4.78, 5) is 24.8. The van der Waals surface area contributed by atoms with E-state index >= 15 is 0 Å². The quantitative estimate of drug-likeness (QED) is 0.746. The maximum Gasteiger partial charge on any atom is 0.338 e. The lowest BCUT2D eigenvalue weighted by molar-refractivity contribution is -0.122. The summed E-state index contributed by atoms with van der Waals surface area (Å²) in [6.45, 7) is 3.67. The summed E-state index contributed by atoms with van der Waals surface area (Å²) in [7, 11) is -2.25. The minimum absolute atomic E-state index is 0.106. The number of sulfonamides is 1. The van der Waals surface area contributed by atoms with E-state index in [2.05, 4.69) is 5.32 Å². The number of ether oxygens (including phenoxy) is 2. The van der Waals surface area contributed by atoms with Crippen molar-refractivity contribution < 1.29 is 27.5 Å². The summed E-state index contributed by atoms with van der Waals surface area (Å²) in [6, 6.07) is 10.1. The van der Waals surface area contributed by atoms with E-state index in [0.29, 0.717) is 28.3 Å². The Balaban J connectivity index is 1.88. The minimum atomic E-state index is -3.54. The van der Waals surface area contributed by atoms with Crippen LogP contribution in [0.25, 0.3) is 0 Å². The molecule has 0 saturated carbocycles. The van der Waals surface area contributed by atoms with Gasteiger partial charge in [0.15, 0.2) is 6.10 Å². The fourth-order valence-electron chi connectivity index (χ4n) is 3.33. The predicted octanol–water partition coefficient (Wildman–Crippen LogP) is 2.65. The Kier molecular flexibility index (Phi) is 6.02. The van der Waals surface area contributed by atoms with Crippen molar-refractivity contribution in [3.8, 4) is 5.75 Å².